The number of hydrogen-bond donors (Lipinski definition) is 2. The number of nitrogens with zero attached hydrogens (tertiary/aromatic N) is 2. The first-order valence-corrected chi connectivity index (χ1v) is 10.3. The summed E-state index contributed by atoms with van der Waals surface area (Å²) in [7, 11) is 0. The van der Waals surface area contributed by atoms with Crippen LogP contribution in [0.5, 0.6) is 0 Å². The normalized spacial score (nSPS) is 17.8. The van der Waals surface area contributed by atoms with Crippen molar-refractivity contribution in [3.05, 3.63) is 53.5 Å². The lowest BCUT2D eigenvalue weighted by Gasteiger charge is -2.45. The maximum atomic E-state index is 12.9. The number of carbonyl (C=O) groups is 2. The standard InChI is InChI=1S/C22H28N4O3/c1-3-25(4-2)15-16-9-10-19(29-16)21(28)26-13-11-22(12-14-26)23-18-8-6-5-7-17(18)20(27)24-22/h5-10,23H,3-4,11-15H2,1-2H3,(H,24,27). The minimum absolute atomic E-state index is 0.0637. The lowest BCUT2D eigenvalue weighted by molar-refractivity contribution is 0.0608. The Bertz CT molecular complexity index is 895. The molecule has 0 aliphatic carbocycles. The van der Waals surface area contributed by atoms with Crippen molar-refractivity contribution in [2.24, 2.45) is 0 Å². The van der Waals surface area contributed by atoms with E-state index in [9.17, 15) is 9.59 Å². The predicted molar refractivity (Wildman–Crippen MR) is 111 cm³/mol. The molecular formula is C22H28N4O3. The third-order valence-electron chi connectivity index (χ3n) is 5.95. The Morgan fingerprint density at radius 1 is 1.10 bits per heavy atom. The van der Waals surface area contributed by atoms with Crippen LogP contribution in [0.2, 0.25) is 0 Å². The molecule has 0 saturated carbocycles. The number of piperidine rings is 1. The van der Waals surface area contributed by atoms with Crippen molar-refractivity contribution in [2.45, 2.75) is 38.9 Å². The fraction of sp³-hybridized carbons (Fsp3) is 0.455. The Morgan fingerprint density at radius 3 is 2.55 bits per heavy atom. The van der Waals surface area contributed by atoms with Crippen LogP contribution in [0.1, 0.15) is 53.4 Å². The molecule has 1 aromatic carbocycles. The van der Waals surface area contributed by atoms with E-state index in [0.29, 0.717) is 43.8 Å². The van der Waals surface area contributed by atoms with E-state index in [1.807, 2.05) is 30.3 Å². The van der Waals surface area contributed by atoms with Crippen LogP contribution < -0.4 is 10.6 Å². The minimum Gasteiger partial charge on any atom is -0.455 e. The van der Waals surface area contributed by atoms with Gasteiger partial charge in [-0.3, -0.25) is 14.5 Å². The number of nitrogens with one attached hydrogen (secondary N) is 2. The molecular weight excluding hydrogens is 368 g/mol. The predicted octanol–water partition coefficient (Wildman–Crippen LogP) is 2.91. The summed E-state index contributed by atoms with van der Waals surface area (Å²) < 4.78 is 5.82. The molecule has 0 atom stereocenters. The van der Waals surface area contributed by atoms with Crippen molar-refractivity contribution in [1.29, 1.82) is 0 Å². The molecule has 0 bridgehead atoms. The van der Waals surface area contributed by atoms with E-state index >= 15 is 0 Å². The number of furan rings is 1. The highest BCUT2D eigenvalue weighted by atomic mass is 16.4. The van der Waals surface area contributed by atoms with Crippen LogP contribution in [-0.4, -0.2) is 53.5 Å². The number of carbonyl (C=O) groups excluding carboxylic acids is 2. The molecule has 2 aromatic rings. The lowest BCUT2D eigenvalue weighted by atomic mass is 9.92. The molecule has 0 radical (unpaired) electrons. The van der Waals surface area contributed by atoms with E-state index in [-0.39, 0.29) is 11.8 Å². The van der Waals surface area contributed by atoms with Gasteiger partial charge in [0, 0.05) is 31.6 Å². The molecule has 0 unspecified atom stereocenters. The zero-order chi connectivity index (χ0) is 20.4. The van der Waals surface area contributed by atoms with Crippen molar-refractivity contribution in [3.8, 4) is 0 Å². The van der Waals surface area contributed by atoms with Crippen LogP contribution in [0.4, 0.5) is 5.69 Å². The smallest absolute Gasteiger partial charge is 0.289 e. The highest BCUT2D eigenvalue weighted by Crippen LogP contribution is 2.31. The van der Waals surface area contributed by atoms with Gasteiger partial charge in [0.1, 0.15) is 11.4 Å². The molecule has 7 heteroatoms. The zero-order valence-corrected chi connectivity index (χ0v) is 17.0. The van der Waals surface area contributed by atoms with Crippen LogP contribution in [0.3, 0.4) is 0 Å². The molecule has 7 nitrogen and oxygen atoms in total. The number of benzene rings is 1. The maximum Gasteiger partial charge on any atom is 0.289 e. The number of likely N-dealkylation sites (tertiary alicyclic amines) is 1. The van der Waals surface area contributed by atoms with Crippen molar-refractivity contribution in [1.82, 2.24) is 15.1 Å². The lowest BCUT2D eigenvalue weighted by Crippen LogP contribution is -2.62. The Balaban J connectivity index is 1.39. The molecule has 2 N–H and O–H groups in total. The first-order chi connectivity index (χ1) is 14.0. The Morgan fingerprint density at radius 2 is 1.83 bits per heavy atom. The second-order valence-corrected chi connectivity index (χ2v) is 7.73. The first-order valence-electron chi connectivity index (χ1n) is 10.3. The van der Waals surface area contributed by atoms with E-state index in [0.717, 1.165) is 24.5 Å². The van der Waals surface area contributed by atoms with E-state index in [4.69, 9.17) is 4.42 Å². The topological polar surface area (TPSA) is 77.8 Å². The molecule has 29 heavy (non-hydrogen) atoms. The maximum absolute atomic E-state index is 12.9. The summed E-state index contributed by atoms with van der Waals surface area (Å²) in [5, 5.41) is 6.59. The van der Waals surface area contributed by atoms with Gasteiger partial charge in [0.15, 0.2) is 5.76 Å². The third-order valence-corrected chi connectivity index (χ3v) is 5.95. The molecule has 1 fully saturated rings. The molecule has 2 aliphatic heterocycles. The SMILES string of the molecule is CCN(CC)Cc1ccc(C(=O)N2CCC3(CC2)NC(=O)c2ccccc2N3)o1. The Labute approximate surface area is 171 Å². The molecule has 154 valence electrons. The van der Waals surface area contributed by atoms with Gasteiger partial charge in [0.25, 0.3) is 11.8 Å². The van der Waals surface area contributed by atoms with Gasteiger partial charge in [-0.15, -0.1) is 0 Å². The van der Waals surface area contributed by atoms with Gasteiger partial charge in [0.05, 0.1) is 12.1 Å². The van der Waals surface area contributed by atoms with Crippen molar-refractivity contribution in [2.75, 3.05) is 31.5 Å². The number of amides is 2. The van der Waals surface area contributed by atoms with Gasteiger partial charge in [-0.1, -0.05) is 26.0 Å². The molecule has 1 saturated heterocycles. The summed E-state index contributed by atoms with van der Waals surface area (Å²) in [6.07, 6.45) is 1.29. The third kappa shape index (κ3) is 3.87. The van der Waals surface area contributed by atoms with Gasteiger partial charge in [-0.2, -0.15) is 0 Å². The Hall–Kier alpha value is -2.80. The summed E-state index contributed by atoms with van der Waals surface area (Å²) in [6, 6.07) is 11.2. The van der Waals surface area contributed by atoms with Crippen LogP contribution >= 0.6 is 0 Å². The first kappa shape index (κ1) is 19.5. The number of hydrogen-bond acceptors (Lipinski definition) is 5. The summed E-state index contributed by atoms with van der Waals surface area (Å²) in [5.41, 5.74) is 1.01. The second-order valence-electron chi connectivity index (χ2n) is 7.73. The highest BCUT2D eigenvalue weighted by molar-refractivity contribution is 6.02. The van der Waals surface area contributed by atoms with Crippen LogP contribution in [0.25, 0.3) is 0 Å². The van der Waals surface area contributed by atoms with E-state index in [1.165, 1.54) is 0 Å². The number of para-hydroxylation sites is 1. The molecule has 2 amide bonds. The minimum atomic E-state index is -0.501. The fourth-order valence-electron chi connectivity index (χ4n) is 4.11. The molecule has 4 rings (SSSR count). The quantitative estimate of drug-likeness (QED) is 0.813. The molecule has 2 aliphatic rings. The molecule has 1 spiro atoms. The number of fused-ring (bicyclic) bond motifs is 1. The summed E-state index contributed by atoms with van der Waals surface area (Å²) in [5.74, 6) is 1.04. The van der Waals surface area contributed by atoms with E-state index in [1.54, 1.807) is 11.0 Å². The zero-order valence-electron chi connectivity index (χ0n) is 17.0. The van der Waals surface area contributed by atoms with E-state index < -0.39 is 5.66 Å². The summed E-state index contributed by atoms with van der Waals surface area (Å²) >= 11 is 0. The van der Waals surface area contributed by atoms with Gasteiger partial charge >= 0.3 is 0 Å². The monoisotopic (exact) mass is 396 g/mol. The Kier molecular flexibility index (Phi) is 5.32. The van der Waals surface area contributed by atoms with Crippen LogP contribution in [0, 0.1) is 0 Å². The number of rotatable bonds is 5. The second kappa shape index (κ2) is 7.91. The van der Waals surface area contributed by atoms with Gasteiger partial charge in [0.2, 0.25) is 0 Å². The number of anilines is 1. The fourth-order valence-corrected chi connectivity index (χ4v) is 4.11. The summed E-state index contributed by atoms with van der Waals surface area (Å²) in [4.78, 5) is 29.4. The van der Waals surface area contributed by atoms with Gasteiger partial charge < -0.3 is 20.0 Å². The van der Waals surface area contributed by atoms with E-state index in [2.05, 4.69) is 29.4 Å². The average molecular weight is 396 g/mol. The van der Waals surface area contributed by atoms with Crippen molar-refractivity contribution >= 4 is 17.5 Å². The molecule has 1 aromatic heterocycles. The van der Waals surface area contributed by atoms with Gasteiger partial charge in [-0.05, 0) is 37.4 Å². The average Bonchev–Trinajstić information content (AvgIpc) is 3.20. The largest absolute Gasteiger partial charge is 0.455 e. The van der Waals surface area contributed by atoms with Crippen molar-refractivity contribution in [3.63, 3.8) is 0 Å². The van der Waals surface area contributed by atoms with Crippen LogP contribution in [-0.2, 0) is 6.54 Å². The van der Waals surface area contributed by atoms with Crippen LogP contribution in [0.15, 0.2) is 40.8 Å². The summed E-state index contributed by atoms with van der Waals surface area (Å²) in [6.45, 7) is 7.92. The van der Waals surface area contributed by atoms with Gasteiger partial charge in [-0.25, -0.2) is 0 Å². The van der Waals surface area contributed by atoms with Crippen molar-refractivity contribution < 1.29 is 14.0 Å². The molecule has 3 heterocycles. The highest BCUT2D eigenvalue weighted by Gasteiger charge is 2.41.